The highest BCUT2D eigenvalue weighted by molar-refractivity contribution is 5.81. The summed E-state index contributed by atoms with van der Waals surface area (Å²) in [7, 11) is 0. The number of aryl methyl sites for hydroxylation is 2. The molecule has 0 bridgehead atoms. The van der Waals surface area contributed by atoms with Crippen LogP contribution in [-0.4, -0.2) is 17.4 Å². The lowest BCUT2D eigenvalue weighted by molar-refractivity contribution is -0.133. The van der Waals surface area contributed by atoms with Gasteiger partial charge in [0.1, 0.15) is 0 Å². The minimum atomic E-state index is 0.153. The third-order valence-electron chi connectivity index (χ3n) is 5.79. The van der Waals surface area contributed by atoms with Gasteiger partial charge in [0.25, 0.3) is 0 Å². The predicted molar refractivity (Wildman–Crippen MR) is 96.8 cm³/mol. The van der Waals surface area contributed by atoms with E-state index in [1.807, 2.05) is 0 Å². The SMILES string of the molecule is Cc1ccccc1CC1CCN(C2CCCc3ccccc32)C1=O. The highest BCUT2D eigenvalue weighted by atomic mass is 16.2. The van der Waals surface area contributed by atoms with Crippen LogP contribution in [0.4, 0.5) is 0 Å². The van der Waals surface area contributed by atoms with E-state index in [1.54, 1.807) is 0 Å². The molecule has 2 aromatic rings. The maximum absolute atomic E-state index is 13.1. The van der Waals surface area contributed by atoms with Crippen LogP contribution in [-0.2, 0) is 17.6 Å². The number of fused-ring (bicyclic) bond motifs is 1. The molecular weight excluding hydrogens is 294 g/mol. The van der Waals surface area contributed by atoms with Crippen molar-refractivity contribution in [2.45, 2.75) is 45.1 Å². The molecule has 4 rings (SSSR count). The van der Waals surface area contributed by atoms with E-state index in [2.05, 4.69) is 60.4 Å². The lowest BCUT2D eigenvalue weighted by Crippen LogP contribution is -2.34. The summed E-state index contributed by atoms with van der Waals surface area (Å²) in [5.74, 6) is 0.514. The first-order valence-electron chi connectivity index (χ1n) is 9.17. The Labute approximate surface area is 144 Å². The predicted octanol–water partition coefficient (Wildman–Crippen LogP) is 4.46. The van der Waals surface area contributed by atoms with Crippen molar-refractivity contribution in [1.29, 1.82) is 0 Å². The Bertz CT molecular complexity index is 751. The second-order valence-corrected chi connectivity index (χ2v) is 7.25. The standard InChI is InChI=1S/C22H25NO/c1-16-7-2-3-9-18(16)15-19-13-14-23(22(19)24)21-12-6-10-17-8-4-5-11-20(17)21/h2-5,7-9,11,19,21H,6,10,12-15H2,1H3. The van der Waals surface area contributed by atoms with Crippen LogP contribution in [0, 0.1) is 12.8 Å². The fourth-order valence-electron chi connectivity index (χ4n) is 4.42. The summed E-state index contributed by atoms with van der Waals surface area (Å²) in [6.07, 6.45) is 5.33. The van der Waals surface area contributed by atoms with Crippen molar-refractivity contribution in [3.8, 4) is 0 Å². The molecule has 1 amide bonds. The largest absolute Gasteiger partial charge is 0.335 e. The second-order valence-electron chi connectivity index (χ2n) is 7.25. The minimum Gasteiger partial charge on any atom is -0.335 e. The van der Waals surface area contributed by atoms with Gasteiger partial charge in [0, 0.05) is 12.5 Å². The van der Waals surface area contributed by atoms with Crippen molar-refractivity contribution in [3.05, 3.63) is 70.8 Å². The van der Waals surface area contributed by atoms with Crippen LogP contribution in [0.5, 0.6) is 0 Å². The molecule has 1 aliphatic heterocycles. The van der Waals surface area contributed by atoms with Crippen molar-refractivity contribution in [2.75, 3.05) is 6.54 Å². The Kier molecular flexibility index (Phi) is 4.13. The van der Waals surface area contributed by atoms with Gasteiger partial charge < -0.3 is 4.90 Å². The molecule has 124 valence electrons. The van der Waals surface area contributed by atoms with Crippen LogP contribution in [0.15, 0.2) is 48.5 Å². The summed E-state index contributed by atoms with van der Waals surface area (Å²) >= 11 is 0. The Hall–Kier alpha value is -2.09. The summed E-state index contributed by atoms with van der Waals surface area (Å²) in [4.78, 5) is 15.2. The monoisotopic (exact) mass is 319 g/mol. The van der Waals surface area contributed by atoms with Crippen LogP contribution in [0.3, 0.4) is 0 Å². The smallest absolute Gasteiger partial charge is 0.226 e. The van der Waals surface area contributed by atoms with E-state index >= 15 is 0 Å². The molecule has 0 saturated carbocycles. The zero-order chi connectivity index (χ0) is 16.5. The number of rotatable bonds is 3. The topological polar surface area (TPSA) is 20.3 Å². The molecule has 2 aromatic carbocycles. The number of carbonyl (C=O) groups excluding carboxylic acids is 1. The number of carbonyl (C=O) groups is 1. The van der Waals surface area contributed by atoms with E-state index in [-0.39, 0.29) is 5.92 Å². The van der Waals surface area contributed by atoms with Gasteiger partial charge in [0.15, 0.2) is 0 Å². The Morgan fingerprint density at radius 3 is 2.71 bits per heavy atom. The van der Waals surface area contributed by atoms with E-state index < -0.39 is 0 Å². The molecule has 1 fully saturated rings. The number of likely N-dealkylation sites (tertiary alicyclic amines) is 1. The van der Waals surface area contributed by atoms with Crippen LogP contribution in [0.25, 0.3) is 0 Å². The molecule has 0 radical (unpaired) electrons. The van der Waals surface area contributed by atoms with Gasteiger partial charge in [0.05, 0.1) is 6.04 Å². The van der Waals surface area contributed by atoms with E-state index in [4.69, 9.17) is 0 Å². The average molecular weight is 319 g/mol. The Morgan fingerprint density at radius 1 is 1.04 bits per heavy atom. The number of benzene rings is 2. The van der Waals surface area contributed by atoms with E-state index in [1.165, 1.54) is 28.7 Å². The fraction of sp³-hybridized carbons (Fsp3) is 0.409. The first-order chi connectivity index (χ1) is 11.7. The molecule has 24 heavy (non-hydrogen) atoms. The summed E-state index contributed by atoms with van der Waals surface area (Å²) in [6.45, 7) is 3.05. The molecule has 2 unspecified atom stereocenters. The zero-order valence-corrected chi connectivity index (χ0v) is 14.4. The lowest BCUT2D eigenvalue weighted by Gasteiger charge is -2.33. The number of nitrogens with zero attached hydrogens (tertiary/aromatic N) is 1. The molecule has 2 aliphatic rings. The molecular formula is C22H25NO. The molecule has 2 nitrogen and oxygen atoms in total. The third-order valence-corrected chi connectivity index (χ3v) is 5.79. The molecule has 0 N–H and O–H groups in total. The van der Waals surface area contributed by atoms with Gasteiger partial charge in [0.2, 0.25) is 5.91 Å². The zero-order valence-electron chi connectivity index (χ0n) is 14.4. The van der Waals surface area contributed by atoms with Gasteiger partial charge in [-0.1, -0.05) is 48.5 Å². The quantitative estimate of drug-likeness (QED) is 0.818. The van der Waals surface area contributed by atoms with Crippen molar-refractivity contribution in [1.82, 2.24) is 4.90 Å². The van der Waals surface area contributed by atoms with Gasteiger partial charge in [-0.2, -0.15) is 0 Å². The lowest BCUT2D eigenvalue weighted by atomic mass is 9.87. The highest BCUT2D eigenvalue weighted by Crippen LogP contribution is 2.38. The van der Waals surface area contributed by atoms with Crippen LogP contribution >= 0.6 is 0 Å². The Morgan fingerprint density at radius 2 is 1.83 bits per heavy atom. The summed E-state index contributed by atoms with van der Waals surface area (Å²) in [6, 6.07) is 17.4. The highest BCUT2D eigenvalue weighted by Gasteiger charge is 2.37. The summed E-state index contributed by atoms with van der Waals surface area (Å²) in [5.41, 5.74) is 5.44. The summed E-state index contributed by atoms with van der Waals surface area (Å²) in [5, 5.41) is 0. The number of amides is 1. The molecule has 0 aromatic heterocycles. The van der Waals surface area contributed by atoms with Crippen molar-refractivity contribution in [3.63, 3.8) is 0 Å². The van der Waals surface area contributed by atoms with E-state index in [0.29, 0.717) is 11.9 Å². The number of hydrogen-bond acceptors (Lipinski definition) is 1. The van der Waals surface area contributed by atoms with Crippen LogP contribution in [0.2, 0.25) is 0 Å². The maximum Gasteiger partial charge on any atom is 0.226 e. The molecule has 2 heteroatoms. The van der Waals surface area contributed by atoms with Gasteiger partial charge in [-0.25, -0.2) is 0 Å². The maximum atomic E-state index is 13.1. The van der Waals surface area contributed by atoms with Crippen LogP contribution in [0.1, 0.15) is 47.6 Å². The molecule has 0 spiro atoms. The first kappa shape index (κ1) is 15.4. The van der Waals surface area contributed by atoms with Gasteiger partial charge in [-0.3, -0.25) is 4.79 Å². The Balaban J connectivity index is 1.53. The first-order valence-corrected chi connectivity index (χ1v) is 9.17. The van der Waals surface area contributed by atoms with E-state index in [0.717, 1.165) is 32.2 Å². The molecule has 1 heterocycles. The van der Waals surface area contributed by atoms with E-state index in [9.17, 15) is 4.79 Å². The fourth-order valence-corrected chi connectivity index (χ4v) is 4.42. The normalized spacial score (nSPS) is 23.4. The minimum absolute atomic E-state index is 0.153. The molecule has 2 atom stereocenters. The number of hydrogen-bond donors (Lipinski definition) is 0. The molecule has 1 saturated heterocycles. The van der Waals surface area contributed by atoms with Gasteiger partial charge >= 0.3 is 0 Å². The van der Waals surface area contributed by atoms with Crippen molar-refractivity contribution in [2.24, 2.45) is 5.92 Å². The van der Waals surface area contributed by atoms with Crippen LogP contribution < -0.4 is 0 Å². The second kappa shape index (κ2) is 6.43. The van der Waals surface area contributed by atoms with Gasteiger partial charge in [-0.15, -0.1) is 0 Å². The van der Waals surface area contributed by atoms with Crippen molar-refractivity contribution >= 4 is 5.91 Å². The average Bonchev–Trinajstić information content (AvgIpc) is 2.97. The van der Waals surface area contributed by atoms with Gasteiger partial charge in [-0.05, 0) is 61.3 Å². The summed E-state index contributed by atoms with van der Waals surface area (Å²) < 4.78 is 0. The van der Waals surface area contributed by atoms with Crippen molar-refractivity contribution < 1.29 is 4.79 Å². The third kappa shape index (κ3) is 2.75. The molecule has 1 aliphatic carbocycles.